The lowest BCUT2D eigenvalue weighted by molar-refractivity contribution is 0.283. The molecule has 0 amide bonds. The molecule has 0 saturated carbocycles. The van der Waals surface area contributed by atoms with Gasteiger partial charge in [0.2, 0.25) is 0 Å². The minimum absolute atomic E-state index is 0.322. The van der Waals surface area contributed by atoms with E-state index in [-0.39, 0.29) is 0 Å². The monoisotopic (exact) mass is 166 g/mol. The van der Waals surface area contributed by atoms with E-state index >= 15 is 0 Å². The summed E-state index contributed by atoms with van der Waals surface area (Å²) in [5, 5.41) is 8.33. The molecule has 0 heterocycles. The third-order valence-corrected chi connectivity index (χ3v) is 1.31. The van der Waals surface area contributed by atoms with Crippen molar-refractivity contribution in [3.8, 4) is 0 Å². The Kier molecular flexibility index (Phi) is 20.8. The maximum absolute atomic E-state index is 8.33. The molecular formula is C8H19ClO. The van der Waals surface area contributed by atoms with E-state index in [0.29, 0.717) is 6.61 Å². The lowest BCUT2D eigenvalue weighted by Gasteiger charge is -1.92. The summed E-state index contributed by atoms with van der Waals surface area (Å²) in [5.74, 6) is 0.755. The summed E-state index contributed by atoms with van der Waals surface area (Å²) in [7, 11) is 0. The quantitative estimate of drug-likeness (QED) is 0.492. The normalized spacial score (nSPS) is 8.40. The standard InChI is InChI=1S/C6H13ClO.C2H6/c7-5-3-1-2-4-6-8;1-2/h8H,1-6H2;1-2H3. The molecule has 0 bridgehead atoms. The zero-order chi connectivity index (χ0) is 8.24. The highest BCUT2D eigenvalue weighted by Crippen LogP contribution is 1.99. The summed E-state index contributed by atoms with van der Waals surface area (Å²) in [6.45, 7) is 4.32. The Labute approximate surface area is 69.4 Å². The predicted molar refractivity (Wildman–Crippen MR) is 47.6 cm³/mol. The zero-order valence-corrected chi connectivity index (χ0v) is 7.82. The summed E-state index contributed by atoms with van der Waals surface area (Å²) in [5.41, 5.74) is 0. The van der Waals surface area contributed by atoms with Gasteiger partial charge in [0, 0.05) is 12.5 Å². The summed E-state index contributed by atoms with van der Waals surface area (Å²) < 4.78 is 0. The molecule has 10 heavy (non-hydrogen) atoms. The van der Waals surface area contributed by atoms with Crippen LogP contribution in [-0.4, -0.2) is 17.6 Å². The Morgan fingerprint density at radius 2 is 1.50 bits per heavy atom. The van der Waals surface area contributed by atoms with E-state index in [0.717, 1.165) is 31.6 Å². The van der Waals surface area contributed by atoms with Crippen LogP contribution >= 0.6 is 11.6 Å². The average molecular weight is 167 g/mol. The molecule has 0 rings (SSSR count). The van der Waals surface area contributed by atoms with Gasteiger partial charge in [0.1, 0.15) is 0 Å². The number of rotatable bonds is 5. The van der Waals surface area contributed by atoms with Gasteiger partial charge in [0.05, 0.1) is 0 Å². The van der Waals surface area contributed by atoms with Crippen LogP contribution in [0, 0.1) is 0 Å². The van der Waals surface area contributed by atoms with Gasteiger partial charge in [0.25, 0.3) is 0 Å². The van der Waals surface area contributed by atoms with Crippen LogP contribution in [-0.2, 0) is 0 Å². The Balaban J connectivity index is 0. The van der Waals surface area contributed by atoms with Gasteiger partial charge in [-0.25, -0.2) is 0 Å². The lowest BCUT2D eigenvalue weighted by Crippen LogP contribution is -1.82. The van der Waals surface area contributed by atoms with Gasteiger partial charge in [0.15, 0.2) is 0 Å². The zero-order valence-electron chi connectivity index (χ0n) is 7.07. The fraction of sp³-hybridized carbons (Fsp3) is 1.00. The summed E-state index contributed by atoms with van der Waals surface area (Å²) in [6, 6.07) is 0. The van der Waals surface area contributed by atoms with Gasteiger partial charge in [-0.3, -0.25) is 0 Å². The second-order valence-corrected chi connectivity index (χ2v) is 2.20. The van der Waals surface area contributed by atoms with Crippen LogP contribution in [0.25, 0.3) is 0 Å². The van der Waals surface area contributed by atoms with Crippen LogP contribution in [0.5, 0.6) is 0 Å². The Morgan fingerprint density at radius 1 is 1.00 bits per heavy atom. The van der Waals surface area contributed by atoms with Crippen LogP contribution in [0.1, 0.15) is 39.5 Å². The van der Waals surface area contributed by atoms with Crippen molar-refractivity contribution in [1.82, 2.24) is 0 Å². The van der Waals surface area contributed by atoms with E-state index in [1.807, 2.05) is 13.8 Å². The van der Waals surface area contributed by atoms with Gasteiger partial charge in [-0.2, -0.15) is 0 Å². The smallest absolute Gasteiger partial charge is 0.0431 e. The number of unbranched alkanes of at least 4 members (excludes halogenated alkanes) is 3. The second-order valence-electron chi connectivity index (χ2n) is 1.83. The minimum atomic E-state index is 0.322. The Bertz CT molecular complexity index is 34.2. The van der Waals surface area contributed by atoms with Crippen LogP contribution in [0.15, 0.2) is 0 Å². The fourth-order valence-electron chi connectivity index (χ4n) is 0.560. The van der Waals surface area contributed by atoms with Gasteiger partial charge in [-0.1, -0.05) is 26.7 Å². The summed E-state index contributed by atoms with van der Waals surface area (Å²) in [4.78, 5) is 0. The first kappa shape index (κ1) is 12.9. The maximum atomic E-state index is 8.33. The molecule has 0 radical (unpaired) electrons. The number of halogens is 1. The maximum Gasteiger partial charge on any atom is 0.0431 e. The number of alkyl halides is 1. The van der Waals surface area contributed by atoms with E-state index in [4.69, 9.17) is 16.7 Å². The molecule has 0 aliphatic rings. The SMILES string of the molecule is CC.OCCCCCCCl. The summed E-state index contributed by atoms with van der Waals surface area (Å²) >= 11 is 5.42. The van der Waals surface area contributed by atoms with Crippen molar-refractivity contribution < 1.29 is 5.11 Å². The number of aliphatic hydroxyl groups excluding tert-OH is 1. The van der Waals surface area contributed by atoms with Crippen molar-refractivity contribution in [3.63, 3.8) is 0 Å². The Hall–Kier alpha value is 0.250. The highest BCUT2D eigenvalue weighted by molar-refractivity contribution is 6.17. The predicted octanol–water partition coefficient (Wildman–Crippen LogP) is 2.80. The molecule has 0 unspecified atom stereocenters. The molecule has 0 atom stereocenters. The van der Waals surface area contributed by atoms with Crippen LogP contribution < -0.4 is 0 Å². The first-order valence-electron chi connectivity index (χ1n) is 4.08. The molecule has 0 spiro atoms. The molecule has 1 nitrogen and oxygen atoms in total. The third kappa shape index (κ3) is 15.7. The number of hydrogen-bond donors (Lipinski definition) is 1. The highest BCUT2D eigenvalue weighted by Gasteiger charge is 1.84. The molecule has 0 saturated heterocycles. The lowest BCUT2D eigenvalue weighted by atomic mass is 10.2. The van der Waals surface area contributed by atoms with Gasteiger partial charge in [-0.15, -0.1) is 11.6 Å². The molecule has 0 aliphatic carbocycles. The van der Waals surface area contributed by atoms with Crippen LogP contribution in [0.3, 0.4) is 0 Å². The third-order valence-electron chi connectivity index (χ3n) is 1.04. The number of aliphatic hydroxyl groups is 1. The molecule has 1 N–H and O–H groups in total. The molecule has 0 aromatic heterocycles. The molecule has 64 valence electrons. The number of hydrogen-bond acceptors (Lipinski definition) is 1. The molecule has 0 aromatic rings. The molecule has 0 aromatic carbocycles. The van der Waals surface area contributed by atoms with Gasteiger partial charge in [-0.05, 0) is 12.8 Å². The fourth-order valence-corrected chi connectivity index (χ4v) is 0.749. The van der Waals surface area contributed by atoms with Crippen molar-refractivity contribution >= 4 is 11.6 Å². The van der Waals surface area contributed by atoms with Gasteiger partial charge < -0.3 is 5.11 Å². The van der Waals surface area contributed by atoms with Crippen molar-refractivity contribution in [2.75, 3.05) is 12.5 Å². The van der Waals surface area contributed by atoms with Crippen molar-refractivity contribution in [2.24, 2.45) is 0 Å². The van der Waals surface area contributed by atoms with E-state index < -0.39 is 0 Å². The topological polar surface area (TPSA) is 20.2 Å². The van der Waals surface area contributed by atoms with E-state index in [9.17, 15) is 0 Å². The minimum Gasteiger partial charge on any atom is -0.396 e. The first-order valence-corrected chi connectivity index (χ1v) is 4.62. The first-order chi connectivity index (χ1) is 4.91. The van der Waals surface area contributed by atoms with Crippen LogP contribution in [0.2, 0.25) is 0 Å². The van der Waals surface area contributed by atoms with Crippen molar-refractivity contribution in [1.29, 1.82) is 0 Å². The Morgan fingerprint density at radius 3 is 1.90 bits per heavy atom. The molecule has 0 aliphatic heterocycles. The molecule has 0 fully saturated rings. The molecular weight excluding hydrogens is 148 g/mol. The second kappa shape index (κ2) is 16.1. The van der Waals surface area contributed by atoms with E-state index in [1.54, 1.807) is 0 Å². The van der Waals surface area contributed by atoms with Crippen LogP contribution in [0.4, 0.5) is 0 Å². The van der Waals surface area contributed by atoms with Crippen molar-refractivity contribution in [3.05, 3.63) is 0 Å². The van der Waals surface area contributed by atoms with Crippen molar-refractivity contribution in [2.45, 2.75) is 39.5 Å². The van der Waals surface area contributed by atoms with Gasteiger partial charge >= 0.3 is 0 Å². The summed E-state index contributed by atoms with van der Waals surface area (Å²) in [6.07, 6.45) is 4.28. The van der Waals surface area contributed by atoms with E-state index in [1.165, 1.54) is 0 Å². The molecule has 2 heteroatoms. The van der Waals surface area contributed by atoms with E-state index in [2.05, 4.69) is 0 Å². The largest absolute Gasteiger partial charge is 0.396 e. The average Bonchev–Trinajstić information content (AvgIpc) is 2.02. The highest BCUT2D eigenvalue weighted by atomic mass is 35.5.